The molecule has 134 valence electrons. The van der Waals surface area contributed by atoms with Crippen LogP contribution in [0.2, 0.25) is 0 Å². The highest BCUT2D eigenvalue weighted by Crippen LogP contribution is 2.28. The first-order valence-corrected chi connectivity index (χ1v) is 8.89. The van der Waals surface area contributed by atoms with Gasteiger partial charge in [-0.3, -0.25) is 14.6 Å². The van der Waals surface area contributed by atoms with Gasteiger partial charge in [-0.2, -0.15) is 0 Å². The van der Waals surface area contributed by atoms with Crippen molar-refractivity contribution in [3.63, 3.8) is 0 Å². The van der Waals surface area contributed by atoms with Gasteiger partial charge in [0.25, 0.3) is 0 Å². The third kappa shape index (κ3) is 3.54. The van der Waals surface area contributed by atoms with E-state index in [2.05, 4.69) is 10.3 Å². The molecule has 0 saturated carbocycles. The number of rotatable bonds is 5. The molecule has 1 saturated heterocycles. The molecule has 1 N–H and O–H groups in total. The van der Waals surface area contributed by atoms with Crippen LogP contribution in [0.4, 0.5) is 0 Å². The van der Waals surface area contributed by atoms with Crippen LogP contribution in [0.1, 0.15) is 17.7 Å². The number of benzene rings is 1. The van der Waals surface area contributed by atoms with Crippen LogP contribution in [0.15, 0.2) is 48.7 Å². The van der Waals surface area contributed by atoms with Crippen molar-refractivity contribution in [3.8, 4) is 5.75 Å². The second kappa shape index (κ2) is 7.15. The monoisotopic (exact) mass is 351 g/mol. The molecule has 0 radical (unpaired) electrons. The number of hydrogen-bond donors (Lipinski definition) is 1. The molecule has 6 nitrogen and oxygen atoms in total. The largest absolute Gasteiger partial charge is 0.488 e. The number of nitrogens with zero attached hydrogens (tertiary/aromatic N) is 2. The van der Waals surface area contributed by atoms with E-state index in [4.69, 9.17) is 4.74 Å². The molecule has 2 amide bonds. The van der Waals surface area contributed by atoms with Gasteiger partial charge in [0, 0.05) is 25.6 Å². The number of ether oxygens (including phenoxy) is 1. The van der Waals surface area contributed by atoms with Crippen LogP contribution in [0, 0.1) is 5.92 Å². The van der Waals surface area contributed by atoms with E-state index in [0.717, 1.165) is 17.9 Å². The summed E-state index contributed by atoms with van der Waals surface area (Å²) in [5.74, 6) is 0.501. The second-order valence-electron chi connectivity index (χ2n) is 6.79. The van der Waals surface area contributed by atoms with Gasteiger partial charge in [0.1, 0.15) is 11.9 Å². The lowest BCUT2D eigenvalue weighted by molar-refractivity contribution is -0.129. The number of aromatic nitrogens is 1. The molecule has 2 aliphatic heterocycles. The lowest BCUT2D eigenvalue weighted by atomic mass is 10.1. The number of hydrogen-bond acceptors (Lipinski definition) is 4. The van der Waals surface area contributed by atoms with Crippen molar-refractivity contribution >= 4 is 11.8 Å². The van der Waals surface area contributed by atoms with Crippen LogP contribution < -0.4 is 10.1 Å². The van der Waals surface area contributed by atoms with Crippen molar-refractivity contribution in [2.45, 2.75) is 25.5 Å². The Bertz CT molecular complexity index is 784. The quantitative estimate of drug-likeness (QED) is 0.887. The maximum Gasteiger partial charge on any atom is 0.225 e. The average Bonchev–Trinajstić information content (AvgIpc) is 3.24. The maximum atomic E-state index is 12.5. The number of carbonyl (C=O) groups is 2. The van der Waals surface area contributed by atoms with Crippen molar-refractivity contribution in [1.29, 1.82) is 0 Å². The fourth-order valence-electron chi connectivity index (χ4n) is 3.51. The smallest absolute Gasteiger partial charge is 0.225 e. The summed E-state index contributed by atoms with van der Waals surface area (Å²) in [6.45, 7) is 1.34. The minimum absolute atomic E-state index is 0.000301. The standard InChI is InChI=1S/C20H21N3O3/c24-19-10-15(12-23(19)13-16-6-3-4-8-21-16)20(25)22-11-17-9-14-5-1-2-7-18(14)26-17/h1-8,15,17H,9-13H2,(H,22,25)/t15-,17+/m0/s1. The van der Waals surface area contributed by atoms with Crippen LogP contribution in [0.5, 0.6) is 5.75 Å². The molecule has 1 aromatic carbocycles. The summed E-state index contributed by atoms with van der Waals surface area (Å²) < 4.78 is 5.84. The van der Waals surface area contributed by atoms with E-state index in [1.807, 2.05) is 42.5 Å². The second-order valence-corrected chi connectivity index (χ2v) is 6.79. The molecule has 2 atom stereocenters. The molecule has 6 heteroatoms. The molecular formula is C20H21N3O3. The van der Waals surface area contributed by atoms with Crippen molar-refractivity contribution in [3.05, 3.63) is 59.9 Å². The Hall–Kier alpha value is -2.89. The van der Waals surface area contributed by atoms with E-state index in [1.165, 1.54) is 5.56 Å². The molecule has 0 spiro atoms. The van der Waals surface area contributed by atoms with Gasteiger partial charge in [-0.25, -0.2) is 0 Å². The lowest BCUT2D eigenvalue weighted by Gasteiger charge is -2.17. The van der Waals surface area contributed by atoms with Gasteiger partial charge >= 0.3 is 0 Å². The van der Waals surface area contributed by atoms with Crippen molar-refractivity contribution < 1.29 is 14.3 Å². The van der Waals surface area contributed by atoms with Gasteiger partial charge in [0.15, 0.2) is 0 Å². The molecule has 2 aromatic rings. The predicted molar refractivity (Wildman–Crippen MR) is 95.3 cm³/mol. The number of fused-ring (bicyclic) bond motifs is 1. The Morgan fingerprint density at radius 2 is 2.04 bits per heavy atom. The van der Waals surface area contributed by atoms with Crippen molar-refractivity contribution in [1.82, 2.24) is 15.2 Å². The van der Waals surface area contributed by atoms with Crippen molar-refractivity contribution in [2.75, 3.05) is 13.1 Å². The summed E-state index contributed by atoms with van der Waals surface area (Å²) in [7, 11) is 0. The molecule has 0 bridgehead atoms. The number of amides is 2. The van der Waals surface area contributed by atoms with Crippen LogP contribution in [-0.4, -0.2) is 40.9 Å². The topological polar surface area (TPSA) is 71.5 Å². The number of likely N-dealkylation sites (tertiary alicyclic amines) is 1. The predicted octanol–water partition coefficient (Wildman–Crippen LogP) is 1.55. The molecule has 0 aliphatic carbocycles. The third-order valence-corrected chi connectivity index (χ3v) is 4.88. The summed E-state index contributed by atoms with van der Waals surface area (Å²) in [6.07, 6.45) is 2.72. The number of para-hydroxylation sites is 1. The zero-order valence-electron chi connectivity index (χ0n) is 14.4. The van der Waals surface area contributed by atoms with E-state index in [0.29, 0.717) is 19.6 Å². The highest BCUT2D eigenvalue weighted by molar-refractivity contribution is 5.89. The Morgan fingerprint density at radius 1 is 1.19 bits per heavy atom. The molecule has 0 unspecified atom stereocenters. The molecule has 1 fully saturated rings. The maximum absolute atomic E-state index is 12.5. The summed E-state index contributed by atoms with van der Waals surface area (Å²) in [5, 5.41) is 2.95. The first-order chi connectivity index (χ1) is 12.7. The van der Waals surface area contributed by atoms with Gasteiger partial charge in [0.2, 0.25) is 11.8 Å². The molecule has 2 aliphatic rings. The summed E-state index contributed by atoms with van der Waals surface area (Å²) in [6, 6.07) is 13.5. The number of nitrogens with one attached hydrogen (secondary N) is 1. The summed E-state index contributed by atoms with van der Waals surface area (Å²) >= 11 is 0. The Kier molecular flexibility index (Phi) is 4.56. The van der Waals surface area contributed by atoms with E-state index in [1.54, 1.807) is 11.1 Å². The van der Waals surface area contributed by atoms with Gasteiger partial charge in [-0.05, 0) is 23.8 Å². The van der Waals surface area contributed by atoms with Gasteiger partial charge in [0.05, 0.1) is 24.7 Å². The van der Waals surface area contributed by atoms with Gasteiger partial charge in [-0.1, -0.05) is 24.3 Å². The zero-order chi connectivity index (χ0) is 17.9. The first-order valence-electron chi connectivity index (χ1n) is 8.89. The van der Waals surface area contributed by atoms with Crippen LogP contribution in [0.3, 0.4) is 0 Å². The van der Waals surface area contributed by atoms with Crippen LogP contribution >= 0.6 is 0 Å². The van der Waals surface area contributed by atoms with E-state index >= 15 is 0 Å². The van der Waals surface area contributed by atoms with E-state index < -0.39 is 0 Å². The fourth-order valence-corrected chi connectivity index (χ4v) is 3.51. The minimum Gasteiger partial charge on any atom is -0.488 e. The number of pyridine rings is 1. The summed E-state index contributed by atoms with van der Waals surface area (Å²) in [5.41, 5.74) is 2.00. The minimum atomic E-state index is -0.310. The fraction of sp³-hybridized carbons (Fsp3) is 0.350. The van der Waals surface area contributed by atoms with Gasteiger partial charge in [-0.15, -0.1) is 0 Å². The average molecular weight is 351 g/mol. The van der Waals surface area contributed by atoms with Crippen LogP contribution in [-0.2, 0) is 22.6 Å². The molecule has 1 aromatic heterocycles. The third-order valence-electron chi connectivity index (χ3n) is 4.88. The van der Waals surface area contributed by atoms with E-state index in [9.17, 15) is 9.59 Å². The Labute approximate surface area is 152 Å². The Balaban J connectivity index is 1.27. The molecular weight excluding hydrogens is 330 g/mol. The zero-order valence-corrected chi connectivity index (χ0v) is 14.4. The number of carbonyl (C=O) groups excluding carboxylic acids is 2. The normalized spacial score (nSPS) is 21.4. The van der Waals surface area contributed by atoms with Crippen molar-refractivity contribution in [2.24, 2.45) is 5.92 Å². The Morgan fingerprint density at radius 3 is 2.85 bits per heavy atom. The molecule has 3 heterocycles. The van der Waals surface area contributed by atoms with Crippen LogP contribution in [0.25, 0.3) is 0 Å². The molecule has 4 rings (SSSR count). The van der Waals surface area contributed by atoms with Gasteiger partial charge < -0.3 is 15.0 Å². The highest BCUT2D eigenvalue weighted by atomic mass is 16.5. The van der Waals surface area contributed by atoms with E-state index in [-0.39, 0.29) is 30.3 Å². The first kappa shape index (κ1) is 16.6. The highest BCUT2D eigenvalue weighted by Gasteiger charge is 2.35. The summed E-state index contributed by atoms with van der Waals surface area (Å²) in [4.78, 5) is 30.6. The molecule has 26 heavy (non-hydrogen) atoms. The lowest BCUT2D eigenvalue weighted by Crippen LogP contribution is -2.38. The SMILES string of the molecule is O=C(NC[C@H]1Cc2ccccc2O1)[C@H]1CC(=O)N(Cc2ccccn2)C1.